The molecule has 3 aromatic rings. The van der Waals surface area contributed by atoms with Gasteiger partial charge in [0.15, 0.2) is 0 Å². The fraction of sp³-hybridized carbons (Fsp3) is 0.133. The average Bonchev–Trinajstić information content (AvgIpc) is 2.92. The van der Waals surface area contributed by atoms with E-state index in [1.807, 2.05) is 12.1 Å². The van der Waals surface area contributed by atoms with Crippen LogP contribution in [0, 0.1) is 12.7 Å². The number of aromatic nitrogens is 3. The van der Waals surface area contributed by atoms with Gasteiger partial charge in [-0.25, -0.2) is 4.39 Å². The fourth-order valence-electron chi connectivity index (χ4n) is 2.05. The minimum absolute atomic E-state index is 0.228. The van der Waals surface area contributed by atoms with E-state index in [9.17, 15) is 4.39 Å². The topological polar surface area (TPSA) is 63.8 Å². The molecule has 0 aliphatic heterocycles. The van der Waals surface area contributed by atoms with Crippen molar-refractivity contribution in [3.63, 3.8) is 0 Å². The van der Waals surface area contributed by atoms with Gasteiger partial charge < -0.3 is 9.73 Å². The second-order valence-corrected chi connectivity index (χ2v) is 4.54. The van der Waals surface area contributed by atoms with Crippen LogP contribution in [-0.2, 0) is 0 Å². The second-order valence-electron chi connectivity index (χ2n) is 4.54. The Morgan fingerprint density at radius 1 is 1.00 bits per heavy atom. The van der Waals surface area contributed by atoms with Crippen LogP contribution in [0.15, 0.2) is 53.2 Å². The van der Waals surface area contributed by atoms with Gasteiger partial charge in [0.25, 0.3) is 0 Å². The molecule has 0 radical (unpaired) electrons. The highest BCUT2D eigenvalue weighted by Crippen LogP contribution is 2.26. The summed E-state index contributed by atoms with van der Waals surface area (Å²) in [6, 6.07) is 10.1. The Balaban J connectivity index is 1.96. The Hall–Kier alpha value is -2.76. The van der Waals surface area contributed by atoms with Crippen LogP contribution < -0.4 is 5.32 Å². The van der Waals surface area contributed by atoms with Crippen molar-refractivity contribution >= 4 is 6.01 Å². The molecule has 21 heavy (non-hydrogen) atoms. The molecule has 0 saturated heterocycles. The van der Waals surface area contributed by atoms with Gasteiger partial charge in [0, 0.05) is 19.3 Å². The molecule has 6 heteroatoms. The molecule has 5 nitrogen and oxygen atoms in total. The number of hydrogen-bond acceptors (Lipinski definition) is 5. The molecule has 2 heterocycles. The summed E-state index contributed by atoms with van der Waals surface area (Å²) in [4.78, 5) is 4.01. The first-order chi connectivity index (χ1) is 10.2. The summed E-state index contributed by atoms with van der Waals surface area (Å²) in [7, 11) is 0. The van der Waals surface area contributed by atoms with Crippen molar-refractivity contribution < 1.29 is 8.81 Å². The summed E-state index contributed by atoms with van der Waals surface area (Å²) in [5, 5.41) is 10.9. The number of aryl methyl sites for hydroxylation is 1. The van der Waals surface area contributed by atoms with Crippen LogP contribution in [0.25, 0.3) is 0 Å². The Labute approximate surface area is 120 Å². The normalized spacial score (nSPS) is 12.1. The van der Waals surface area contributed by atoms with Crippen LogP contribution in [0.3, 0.4) is 0 Å². The highest BCUT2D eigenvalue weighted by atomic mass is 19.1. The van der Waals surface area contributed by atoms with Crippen LogP contribution in [0.2, 0.25) is 0 Å². The number of nitrogens with one attached hydrogen (secondary N) is 1. The smallest absolute Gasteiger partial charge is 0.316 e. The molecule has 0 aliphatic carbocycles. The van der Waals surface area contributed by atoms with Crippen molar-refractivity contribution in [2.24, 2.45) is 0 Å². The number of hydrogen-bond donors (Lipinski definition) is 1. The molecule has 1 unspecified atom stereocenters. The van der Waals surface area contributed by atoms with E-state index in [-0.39, 0.29) is 11.9 Å². The Morgan fingerprint density at radius 2 is 1.67 bits per heavy atom. The maximum atomic E-state index is 13.1. The standard InChI is InChI=1S/C15H13FN4O/c1-10-19-20-15(21-10)18-14(12-6-8-17-9-7-12)11-2-4-13(16)5-3-11/h2-9,14H,1H3,(H,18,20). The van der Waals surface area contributed by atoms with Gasteiger partial charge in [-0.1, -0.05) is 17.2 Å². The Morgan fingerprint density at radius 3 is 2.29 bits per heavy atom. The van der Waals surface area contributed by atoms with Gasteiger partial charge in [-0.15, -0.1) is 5.10 Å². The van der Waals surface area contributed by atoms with E-state index in [0.717, 1.165) is 11.1 Å². The molecule has 0 spiro atoms. The number of benzene rings is 1. The Bertz CT molecular complexity index is 712. The van der Waals surface area contributed by atoms with Gasteiger partial charge in [-0.3, -0.25) is 4.98 Å². The number of pyridine rings is 1. The third kappa shape index (κ3) is 3.05. The van der Waals surface area contributed by atoms with E-state index >= 15 is 0 Å². The first-order valence-corrected chi connectivity index (χ1v) is 6.44. The van der Waals surface area contributed by atoms with E-state index in [0.29, 0.717) is 11.9 Å². The molecule has 1 aromatic carbocycles. The molecule has 106 valence electrons. The fourth-order valence-corrected chi connectivity index (χ4v) is 2.05. The molecule has 0 saturated carbocycles. The molecular weight excluding hydrogens is 271 g/mol. The zero-order valence-electron chi connectivity index (χ0n) is 11.3. The zero-order chi connectivity index (χ0) is 14.7. The zero-order valence-corrected chi connectivity index (χ0v) is 11.3. The summed E-state index contributed by atoms with van der Waals surface area (Å²) < 4.78 is 18.5. The molecule has 1 atom stereocenters. The maximum absolute atomic E-state index is 13.1. The van der Waals surface area contributed by atoms with Gasteiger partial charge in [-0.05, 0) is 35.4 Å². The van der Waals surface area contributed by atoms with E-state index in [1.54, 1.807) is 31.5 Å². The van der Waals surface area contributed by atoms with Crippen LogP contribution in [-0.4, -0.2) is 15.2 Å². The molecule has 0 aliphatic rings. The lowest BCUT2D eigenvalue weighted by molar-refractivity contribution is 0.527. The van der Waals surface area contributed by atoms with Gasteiger partial charge in [0.1, 0.15) is 5.82 Å². The van der Waals surface area contributed by atoms with Crippen molar-refractivity contribution in [3.8, 4) is 0 Å². The predicted octanol–water partition coefficient (Wildman–Crippen LogP) is 3.11. The summed E-state index contributed by atoms with van der Waals surface area (Å²) in [6.45, 7) is 1.72. The Kier molecular flexibility index (Phi) is 3.59. The van der Waals surface area contributed by atoms with Crippen LogP contribution >= 0.6 is 0 Å². The van der Waals surface area contributed by atoms with Crippen LogP contribution in [0.5, 0.6) is 0 Å². The first-order valence-electron chi connectivity index (χ1n) is 6.44. The highest BCUT2D eigenvalue weighted by molar-refractivity contribution is 5.38. The lowest BCUT2D eigenvalue weighted by atomic mass is 10.00. The molecule has 2 aromatic heterocycles. The molecule has 0 amide bonds. The second kappa shape index (κ2) is 5.70. The lowest BCUT2D eigenvalue weighted by Crippen LogP contribution is -2.12. The lowest BCUT2D eigenvalue weighted by Gasteiger charge is -2.18. The van der Waals surface area contributed by atoms with Crippen molar-refractivity contribution in [1.29, 1.82) is 0 Å². The van der Waals surface area contributed by atoms with Crippen LogP contribution in [0.1, 0.15) is 23.1 Å². The van der Waals surface area contributed by atoms with E-state index in [1.165, 1.54) is 12.1 Å². The van der Waals surface area contributed by atoms with E-state index in [4.69, 9.17) is 4.42 Å². The number of nitrogens with zero attached hydrogens (tertiary/aromatic N) is 3. The van der Waals surface area contributed by atoms with E-state index < -0.39 is 0 Å². The first kappa shape index (κ1) is 13.2. The van der Waals surface area contributed by atoms with Crippen molar-refractivity contribution in [2.45, 2.75) is 13.0 Å². The summed E-state index contributed by atoms with van der Waals surface area (Å²) in [5.74, 6) is 0.200. The third-order valence-corrected chi connectivity index (χ3v) is 3.04. The minimum atomic E-state index is -0.277. The van der Waals surface area contributed by atoms with Crippen molar-refractivity contribution in [3.05, 3.63) is 71.6 Å². The third-order valence-electron chi connectivity index (χ3n) is 3.04. The minimum Gasteiger partial charge on any atom is -0.408 e. The molecule has 1 N–H and O–H groups in total. The maximum Gasteiger partial charge on any atom is 0.316 e. The average molecular weight is 284 g/mol. The number of rotatable bonds is 4. The summed E-state index contributed by atoms with van der Waals surface area (Å²) in [6.07, 6.45) is 3.40. The summed E-state index contributed by atoms with van der Waals surface area (Å²) >= 11 is 0. The molecule has 0 bridgehead atoms. The van der Waals surface area contributed by atoms with Gasteiger partial charge in [0.05, 0.1) is 6.04 Å². The molecular formula is C15H13FN4O. The summed E-state index contributed by atoms with van der Waals surface area (Å²) in [5.41, 5.74) is 1.85. The van der Waals surface area contributed by atoms with E-state index in [2.05, 4.69) is 20.5 Å². The largest absolute Gasteiger partial charge is 0.408 e. The monoisotopic (exact) mass is 284 g/mol. The molecule has 0 fully saturated rings. The SMILES string of the molecule is Cc1nnc(NC(c2ccncc2)c2ccc(F)cc2)o1. The number of halogens is 1. The van der Waals surface area contributed by atoms with Crippen molar-refractivity contribution in [1.82, 2.24) is 15.2 Å². The van der Waals surface area contributed by atoms with Crippen molar-refractivity contribution in [2.75, 3.05) is 5.32 Å². The van der Waals surface area contributed by atoms with Crippen LogP contribution in [0.4, 0.5) is 10.4 Å². The van der Waals surface area contributed by atoms with Gasteiger partial charge in [-0.2, -0.15) is 0 Å². The predicted molar refractivity (Wildman–Crippen MR) is 75.1 cm³/mol. The van der Waals surface area contributed by atoms with Gasteiger partial charge in [0.2, 0.25) is 5.89 Å². The quantitative estimate of drug-likeness (QED) is 0.797. The molecule has 3 rings (SSSR count). The number of anilines is 1. The highest BCUT2D eigenvalue weighted by Gasteiger charge is 2.16. The van der Waals surface area contributed by atoms with Gasteiger partial charge >= 0.3 is 6.01 Å².